The minimum Gasteiger partial charge on any atom is -0.476 e. The summed E-state index contributed by atoms with van der Waals surface area (Å²) in [6.07, 6.45) is 5.02. The summed E-state index contributed by atoms with van der Waals surface area (Å²) in [6, 6.07) is 3.78. The predicted molar refractivity (Wildman–Crippen MR) is 79.4 cm³/mol. The third-order valence-corrected chi connectivity index (χ3v) is 3.06. The fraction of sp³-hybridized carbons (Fsp3) is 0.333. The van der Waals surface area contributed by atoms with Crippen molar-refractivity contribution in [3.8, 4) is 0 Å². The maximum absolute atomic E-state index is 11.4. The van der Waals surface area contributed by atoms with Crippen molar-refractivity contribution >= 4 is 11.7 Å². The standard InChI is InChI=1S/C15H18N4O2/c1-10(2)14-17-8-12(13(18-14)15(20)21)19(3)9-11-5-4-6-16-7-11/h4-8,10H,9H2,1-3H3,(H,20,21). The molecule has 2 aromatic heterocycles. The molecule has 0 aliphatic carbocycles. The lowest BCUT2D eigenvalue weighted by Gasteiger charge is -2.20. The van der Waals surface area contributed by atoms with E-state index in [4.69, 9.17) is 0 Å². The van der Waals surface area contributed by atoms with Crippen molar-refractivity contribution < 1.29 is 9.90 Å². The van der Waals surface area contributed by atoms with E-state index in [9.17, 15) is 9.90 Å². The monoisotopic (exact) mass is 286 g/mol. The minimum atomic E-state index is -1.05. The van der Waals surface area contributed by atoms with Crippen LogP contribution < -0.4 is 4.90 Å². The minimum absolute atomic E-state index is 0.0279. The Morgan fingerprint density at radius 1 is 1.38 bits per heavy atom. The van der Waals surface area contributed by atoms with Crippen LogP contribution in [0.25, 0.3) is 0 Å². The zero-order valence-corrected chi connectivity index (χ0v) is 12.3. The Morgan fingerprint density at radius 3 is 2.71 bits per heavy atom. The normalized spacial score (nSPS) is 10.7. The number of pyridine rings is 1. The summed E-state index contributed by atoms with van der Waals surface area (Å²) in [5, 5.41) is 9.36. The van der Waals surface area contributed by atoms with Gasteiger partial charge in [-0.2, -0.15) is 0 Å². The van der Waals surface area contributed by atoms with Crippen LogP contribution in [0.15, 0.2) is 30.7 Å². The van der Waals surface area contributed by atoms with Gasteiger partial charge in [-0.05, 0) is 11.6 Å². The van der Waals surface area contributed by atoms with Crippen LogP contribution in [0.2, 0.25) is 0 Å². The quantitative estimate of drug-likeness (QED) is 0.908. The summed E-state index contributed by atoms with van der Waals surface area (Å²) in [4.78, 5) is 25.7. The number of carboxylic acids is 1. The molecule has 0 aliphatic rings. The van der Waals surface area contributed by atoms with Crippen molar-refractivity contribution in [3.63, 3.8) is 0 Å². The molecule has 0 amide bonds. The lowest BCUT2D eigenvalue weighted by atomic mass is 10.2. The Balaban J connectivity index is 2.32. The van der Waals surface area contributed by atoms with Crippen molar-refractivity contribution in [2.24, 2.45) is 0 Å². The number of carboxylic acid groups (broad SMARTS) is 1. The maximum Gasteiger partial charge on any atom is 0.356 e. The van der Waals surface area contributed by atoms with Crippen molar-refractivity contribution in [2.45, 2.75) is 26.3 Å². The molecule has 0 fully saturated rings. The van der Waals surface area contributed by atoms with Crippen LogP contribution in [0.1, 0.15) is 41.6 Å². The highest BCUT2D eigenvalue weighted by atomic mass is 16.4. The van der Waals surface area contributed by atoms with E-state index in [0.29, 0.717) is 18.1 Å². The van der Waals surface area contributed by atoms with Crippen LogP contribution in [-0.4, -0.2) is 33.1 Å². The van der Waals surface area contributed by atoms with Gasteiger partial charge in [0.25, 0.3) is 0 Å². The Kier molecular flexibility index (Phi) is 4.47. The highest BCUT2D eigenvalue weighted by Gasteiger charge is 2.18. The van der Waals surface area contributed by atoms with E-state index in [1.54, 1.807) is 18.6 Å². The molecular formula is C15H18N4O2. The highest BCUT2D eigenvalue weighted by molar-refractivity contribution is 5.91. The highest BCUT2D eigenvalue weighted by Crippen LogP contribution is 2.21. The Morgan fingerprint density at radius 2 is 2.14 bits per heavy atom. The van der Waals surface area contributed by atoms with Crippen LogP contribution in [0, 0.1) is 0 Å². The Labute approximate surface area is 123 Å². The lowest BCUT2D eigenvalue weighted by molar-refractivity contribution is 0.0690. The molecule has 110 valence electrons. The third-order valence-electron chi connectivity index (χ3n) is 3.06. The number of nitrogens with zero attached hydrogens (tertiary/aromatic N) is 4. The summed E-state index contributed by atoms with van der Waals surface area (Å²) < 4.78 is 0. The first kappa shape index (κ1) is 14.9. The van der Waals surface area contributed by atoms with Gasteiger partial charge in [0, 0.05) is 31.9 Å². The number of anilines is 1. The molecule has 0 spiro atoms. The molecule has 6 heteroatoms. The number of carbonyl (C=O) groups is 1. The zero-order valence-electron chi connectivity index (χ0n) is 12.3. The molecule has 0 aromatic carbocycles. The molecule has 0 atom stereocenters. The van der Waals surface area contributed by atoms with Crippen molar-refractivity contribution in [3.05, 3.63) is 47.8 Å². The van der Waals surface area contributed by atoms with E-state index >= 15 is 0 Å². The first-order valence-electron chi connectivity index (χ1n) is 6.69. The van der Waals surface area contributed by atoms with Gasteiger partial charge in [0.1, 0.15) is 5.82 Å². The molecule has 1 N–H and O–H groups in total. The molecule has 0 unspecified atom stereocenters. The summed E-state index contributed by atoms with van der Waals surface area (Å²) in [7, 11) is 1.81. The second-order valence-electron chi connectivity index (χ2n) is 5.14. The molecule has 0 saturated heterocycles. The lowest BCUT2D eigenvalue weighted by Crippen LogP contribution is -2.21. The van der Waals surface area contributed by atoms with Gasteiger partial charge in [0.05, 0.1) is 11.9 Å². The number of aromatic carboxylic acids is 1. The van der Waals surface area contributed by atoms with Crippen LogP contribution in [0.4, 0.5) is 5.69 Å². The van der Waals surface area contributed by atoms with Gasteiger partial charge in [-0.15, -0.1) is 0 Å². The zero-order chi connectivity index (χ0) is 15.4. The summed E-state index contributed by atoms with van der Waals surface area (Å²) in [6.45, 7) is 4.40. The average Bonchev–Trinajstić information content (AvgIpc) is 2.47. The van der Waals surface area contributed by atoms with Gasteiger partial charge in [-0.3, -0.25) is 4.98 Å². The van der Waals surface area contributed by atoms with Gasteiger partial charge >= 0.3 is 5.97 Å². The SMILES string of the molecule is CC(C)c1ncc(N(C)Cc2cccnc2)c(C(=O)O)n1. The largest absolute Gasteiger partial charge is 0.476 e. The smallest absolute Gasteiger partial charge is 0.356 e. The van der Waals surface area contributed by atoms with E-state index in [-0.39, 0.29) is 11.6 Å². The van der Waals surface area contributed by atoms with Gasteiger partial charge in [0.2, 0.25) is 0 Å². The van der Waals surface area contributed by atoms with E-state index in [1.165, 1.54) is 0 Å². The van der Waals surface area contributed by atoms with Gasteiger partial charge in [0.15, 0.2) is 5.69 Å². The number of aromatic nitrogens is 3. The van der Waals surface area contributed by atoms with Crippen LogP contribution in [0.5, 0.6) is 0 Å². The number of hydrogen-bond donors (Lipinski definition) is 1. The molecule has 0 radical (unpaired) electrons. The van der Waals surface area contributed by atoms with Crippen molar-refractivity contribution in [1.29, 1.82) is 0 Å². The molecule has 6 nitrogen and oxygen atoms in total. The van der Waals surface area contributed by atoms with E-state index < -0.39 is 5.97 Å². The molecule has 0 aliphatic heterocycles. The van der Waals surface area contributed by atoms with Crippen LogP contribution >= 0.6 is 0 Å². The fourth-order valence-corrected chi connectivity index (χ4v) is 1.95. The molecular weight excluding hydrogens is 268 g/mol. The maximum atomic E-state index is 11.4. The second kappa shape index (κ2) is 6.30. The molecule has 2 rings (SSSR count). The molecule has 0 bridgehead atoms. The Bertz CT molecular complexity index is 629. The van der Waals surface area contributed by atoms with Crippen molar-refractivity contribution in [1.82, 2.24) is 15.0 Å². The number of hydrogen-bond acceptors (Lipinski definition) is 5. The predicted octanol–water partition coefficient (Wildman–Crippen LogP) is 2.33. The first-order valence-corrected chi connectivity index (χ1v) is 6.69. The van der Waals surface area contributed by atoms with E-state index in [1.807, 2.05) is 37.9 Å². The summed E-state index contributed by atoms with van der Waals surface area (Å²) in [5.74, 6) is -0.431. The van der Waals surface area contributed by atoms with Gasteiger partial charge in [-0.1, -0.05) is 19.9 Å². The third kappa shape index (κ3) is 3.53. The molecule has 21 heavy (non-hydrogen) atoms. The topological polar surface area (TPSA) is 79.2 Å². The van der Waals surface area contributed by atoms with E-state index in [0.717, 1.165) is 5.56 Å². The fourth-order valence-electron chi connectivity index (χ4n) is 1.95. The molecule has 2 aromatic rings. The van der Waals surface area contributed by atoms with E-state index in [2.05, 4.69) is 15.0 Å². The molecule has 2 heterocycles. The van der Waals surface area contributed by atoms with Crippen LogP contribution in [0.3, 0.4) is 0 Å². The second-order valence-corrected chi connectivity index (χ2v) is 5.14. The number of rotatable bonds is 5. The summed E-state index contributed by atoms with van der Waals surface area (Å²) in [5.41, 5.74) is 1.51. The van der Waals surface area contributed by atoms with Crippen molar-refractivity contribution in [2.75, 3.05) is 11.9 Å². The van der Waals surface area contributed by atoms with Gasteiger partial charge < -0.3 is 10.0 Å². The average molecular weight is 286 g/mol. The first-order chi connectivity index (χ1) is 9.99. The Hall–Kier alpha value is -2.50. The van der Waals surface area contributed by atoms with Gasteiger partial charge in [-0.25, -0.2) is 14.8 Å². The van der Waals surface area contributed by atoms with Crippen LogP contribution in [-0.2, 0) is 6.54 Å². The molecule has 0 saturated carbocycles. The summed E-state index contributed by atoms with van der Waals surface area (Å²) >= 11 is 0.